The third kappa shape index (κ3) is 4.03. The van der Waals surface area contributed by atoms with E-state index in [4.69, 9.17) is 18.9 Å². The van der Waals surface area contributed by atoms with Gasteiger partial charge in [0.1, 0.15) is 11.8 Å². The number of benzene rings is 3. The number of carbonyl (C=O) groups excluding carboxylic acids is 3. The molecule has 3 aromatic rings. The van der Waals surface area contributed by atoms with Crippen LogP contribution in [0.1, 0.15) is 73.1 Å². The number of aromatic hydroxyl groups is 1. The Balaban J connectivity index is 1.36. The fraction of sp³-hybridized carbons (Fsp3) is 0.371. The Hall–Kier alpha value is -5.12. The number of aryl methyl sites for hydroxylation is 1. The van der Waals surface area contributed by atoms with E-state index in [9.17, 15) is 24.8 Å². The smallest absolute Gasteiger partial charge is 0.308 e. The number of hydrogen-bond donors (Lipinski definition) is 2. The number of nitrogens with one attached hydrogen (secondary N) is 1. The van der Waals surface area contributed by atoms with Crippen LogP contribution < -0.4 is 24.3 Å². The topological polar surface area (TPSA) is 151 Å². The first kappa shape index (κ1) is 29.3. The number of nitriles is 1. The summed E-state index contributed by atoms with van der Waals surface area (Å²) in [5.41, 5.74) is 4.85. The molecule has 5 aliphatic heterocycles. The van der Waals surface area contributed by atoms with Crippen molar-refractivity contribution in [2.45, 2.75) is 63.8 Å². The van der Waals surface area contributed by atoms with Crippen LogP contribution in [0.5, 0.6) is 28.7 Å². The largest absolute Gasteiger partial charge is 0.504 e. The fourth-order valence-electron chi connectivity index (χ4n) is 8.45. The number of imide groups is 1. The van der Waals surface area contributed by atoms with E-state index in [0.717, 1.165) is 11.1 Å². The Bertz CT molecular complexity index is 1930. The minimum Gasteiger partial charge on any atom is -0.504 e. The van der Waals surface area contributed by atoms with Crippen molar-refractivity contribution in [1.82, 2.24) is 15.1 Å². The van der Waals surface area contributed by atoms with Crippen molar-refractivity contribution in [1.29, 1.82) is 5.26 Å². The highest BCUT2D eigenvalue weighted by Gasteiger charge is 2.55. The summed E-state index contributed by atoms with van der Waals surface area (Å²) in [6.07, 6.45) is 0.758. The van der Waals surface area contributed by atoms with E-state index in [1.807, 2.05) is 13.0 Å². The Morgan fingerprint density at radius 1 is 1.09 bits per heavy atom. The second-order valence-electron chi connectivity index (χ2n) is 12.7. The number of piperazine rings is 1. The van der Waals surface area contributed by atoms with E-state index in [2.05, 4.69) is 16.3 Å². The van der Waals surface area contributed by atoms with Gasteiger partial charge in [-0.3, -0.25) is 24.2 Å². The third-order valence-corrected chi connectivity index (χ3v) is 10.2. The number of amides is 2. The number of ether oxygens (including phenoxy) is 4. The molecule has 3 aromatic carbocycles. The molecule has 0 saturated carbocycles. The molecule has 0 aromatic heterocycles. The molecule has 1 fully saturated rings. The molecule has 1 unspecified atom stereocenters. The van der Waals surface area contributed by atoms with Gasteiger partial charge < -0.3 is 29.4 Å². The SMILES string of the molecule is COc1c(C)cc2c(c1O)[C@@H]1N[C@H](C2)[C@H](C#N)N2C1Cc1c(OC(C)=O)c(C)c3c(c1[C@@H]2CN1C(=O)c2ccccc2C1=O)OCO3. The summed E-state index contributed by atoms with van der Waals surface area (Å²) >= 11 is 0. The molecule has 5 aliphatic rings. The number of esters is 1. The molecule has 5 heterocycles. The zero-order valence-electron chi connectivity index (χ0n) is 26.2. The Morgan fingerprint density at radius 2 is 1.79 bits per heavy atom. The first-order valence-electron chi connectivity index (χ1n) is 15.6. The van der Waals surface area contributed by atoms with E-state index >= 15 is 0 Å². The van der Waals surface area contributed by atoms with E-state index in [0.29, 0.717) is 69.2 Å². The van der Waals surface area contributed by atoms with Crippen molar-refractivity contribution >= 4 is 17.8 Å². The summed E-state index contributed by atoms with van der Waals surface area (Å²) in [5, 5.41) is 26.0. The summed E-state index contributed by atoms with van der Waals surface area (Å²) in [5.74, 6) is 0.194. The Kier molecular flexibility index (Phi) is 6.51. The number of fused-ring (bicyclic) bond motifs is 10. The summed E-state index contributed by atoms with van der Waals surface area (Å²) in [7, 11) is 1.51. The van der Waals surface area contributed by atoms with Gasteiger partial charge in [0.05, 0.1) is 36.4 Å². The minimum atomic E-state index is -0.746. The molecule has 5 atom stereocenters. The summed E-state index contributed by atoms with van der Waals surface area (Å²) in [6, 6.07) is 8.49. The van der Waals surface area contributed by atoms with Crippen molar-refractivity contribution in [3.05, 3.63) is 74.8 Å². The lowest BCUT2D eigenvalue weighted by atomic mass is 9.72. The minimum absolute atomic E-state index is 0.0265. The van der Waals surface area contributed by atoms with Gasteiger partial charge in [0.2, 0.25) is 6.79 Å². The first-order chi connectivity index (χ1) is 22.6. The van der Waals surface area contributed by atoms with Crippen LogP contribution in [-0.4, -0.2) is 71.3 Å². The zero-order chi connectivity index (χ0) is 32.9. The summed E-state index contributed by atoms with van der Waals surface area (Å²) < 4.78 is 23.4. The van der Waals surface area contributed by atoms with E-state index < -0.39 is 42.0 Å². The number of methoxy groups -OCH3 is 1. The van der Waals surface area contributed by atoms with Crippen molar-refractivity contribution < 1.29 is 38.4 Å². The van der Waals surface area contributed by atoms with Gasteiger partial charge in [0.15, 0.2) is 23.0 Å². The van der Waals surface area contributed by atoms with Gasteiger partial charge in [-0.05, 0) is 49.9 Å². The molecule has 12 nitrogen and oxygen atoms in total. The maximum atomic E-state index is 13.7. The van der Waals surface area contributed by atoms with Crippen molar-refractivity contribution in [2.75, 3.05) is 20.4 Å². The van der Waals surface area contributed by atoms with Crippen LogP contribution in [0.15, 0.2) is 30.3 Å². The molecular formula is C35H32N4O8. The average Bonchev–Trinajstić information content (AvgIpc) is 3.63. The molecule has 47 heavy (non-hydrogen) atoms. The molecule has 1 saturated heterocycles. The molecule has 8 rings (SSSR count). The van der Waals surface area contributed by atoms with Crippen LogP contribution in [0.2, 0.25) is 0 Å². The van der Waals surface area contributed by atoms with Gasteiger partial charge in [0.25, 0.3) is 11.8 Å². The third-order valence-electron chi connectivity index (χ3n) is 10.2. The molecule has 240 valence electrons. The normalized spacial score (nSPS) is 25.0. The van der Waals surface area contributed by atoms with Crippen LogP contribution in [0.25, 0.3) is 0 Å². The second-order valence-corrected chi connectivity index (χ2v) is 12.7. The first-order valence-corrected chi connectivity index (χ1v) is 15.6. The van der Waals surface area contributed by atoms with Crippen molar-refractivity contribution in [2.24, 2.45) is 0 Å². The van der Waals surface area contributed by atoms with E-state index in [1.54, 1.807) is 31.2 Å². The van der Waals surface area contributed by atoms with Crippen LogP contribution in [-0.2, 0) is 17.6 Å². The predicted octanol–water partition coefficient (Wildman–Crippen LogP) is 3.40. The van der Waals surface area contributed by atoms with E-state index in [1.165, 1.54) is 18.9 Å². The quantitative estimate of drug-likeness (QED) is 0.246. The van der Waals surface area contributed by atoms with Crippen molar-refractivity contribution in [3.63, 3.8) is 0 Å². The number of rotatable bonds is 4. The lowest BCUT2D eigenvalue weighted by Crippen LogP contribution is -2.68. The van der Waals surface area contributed by atoms with Crippen LogP contribution >= 0.6 is 0 Å². The maximum Gasteiger partial charge on any atom is 0.308 e. The van der Waals surface area contributed by atoms with Crippen LogP contribution in [0, 0.1) is 25.2 Å². The molecule has 12 heteroatoms. The number of phenols is 1. The summed E-state index contributed by atoms with van der Waals surface area (Å²) in [4.78, 5) is 43.3. The van der Waals surface area contributed by atoms with Crippen molar-refractivity contribution in [3.8, 4) is 34.8 Å². The van der Waals surface area contributed by atoms with Crippen LogP contribution in [0.3, 0.4) is 0 Å². The van der Waals surface area contributed by atoms with E-state index in [-0.39, 0.29) is 25.1 Å². The molecule has 2 N–H and O–H groups in total. The Morgan fingerprint density at radius 3 is 2.45 bits per heavy atom. The van der Waals surface area contributed by atoms with Gasteiger partial charge >= 0.3 is 5.97 Å². The van der Waals surface area contributed by atoms with Gasteiger partial charge in [-0.1, -0.05) is 18.2 Å². The highest BCUT2D eigenvalue weighted by molar-refractivity contribution is 6.21. The second kappa shape index (κ2) is 10.4. The van der Waals surface area contributed by atoms with Crippen LogP contribution in [0.4, 0.5) is 0 Å². The summed E-state index contributed by atoms with van der Waals surface area (Å²) in [6.45, 7) is 4.83. The Labute approximate surface area is 270 Å². The number of nitrogens with zero attached hydrogens (tertiary/aromatic N) is 3. The van der Waals surface area contributed by atoms with Gasteiger partial charge in [-0.2, -0.15) is 5.26 Å². The highest BCUT2D eigenvalue weighted by atomic mass is 16.7. The van der Waals surface area contributed by atoms with Gasteiger partial charge in [-0.25, -0.2) is 0 Å². The fourth-order valence-corrected chi connectivity index (χ4v) is 8.45. The predicted molar refractivity (Wildman–Crippen MR) is 165 cm³/mol. The lowest BCUT2D eigenvalue weighted by molar-refractivity contribution is -0.132. The maximum absolute atomic E-state index is 13.7. The van der Waals surface area contributed by atoms with Gasteiger partial charge in [-0.15, -0.1) is 0 Å². The average molecular weight is 637 g/mol. The molecule has 0 aliphatic carbocycles. The molecule has 2 amide bonds. The highest BCUT2D eigenvalue weighted by Crippen LogP contribution is 2.57. The number of carbonyl (C=O) groups is 3. The molecule has 0 radical (unpaired) electrons. The molecular weight excluding hydrogens is 604 g/mol. The zero-order valence-corrected chi connectivity index (χ0v) is 26.2. The molecule has 2 bridgehead atoms. The number of phenolic OH excluding ortho intramolecular Hbond substituents is 1. The number of hydrogen-bond acceptors (Lipinski definition) is 11. The lowest BCUT2D eigenvalue weighted by Gasteiger charge is -2.57. The van der Waals surface area contributed by atoms with Gasteiger partial charge in [0, 0.05) is 47.8 Å². The molecule has 0 spiro atoms. The monoisotopic (exact) mass is 636 g/mol. The standard InChI is InChI=1S/C35H32N4O8/c1-15-9-18-10-22-24(12-36)39-23(28(37-22)26(18)29(41)30(15)44-4)11-21-27(33-32(45-14-46-33)16(2)31(21)47-17(3)40)25(39)13-38-34(42)19-7-5-6-8-20(19)35(38)43/h5-9,22-25,28,37,41H,10-11,13-14H2,1-4H3/t22-,23?,24+,25+,28-/m1/s1.